The van der Waals surface area contributed by atoms with E-state index in [0.29, 0.717) is 0 Å². The van der Waals surface area contributed by atoms with Gasteiger partial charge in [0, 0.05) is 17.1 Å². The van der Waals surface area contributed by atoms with E-state index in [2.05, 4.69) is 217 Å². The molecule has 0 amide bonds. The van der Waals surface area contributed by atoms with Crippen LogP contribution in [0.4, 0.5) is 17.1 Å². The predicted octanol–water partition coefficient (Wildman–Crippen LogP) is 14.7. The third-order valence-electron chi connectivity index (χ3n) is 10.4. The third kappa shape index (κ3) is 6.73. The summed E-state index contributed by atoms with van der Waals surface area (Å²) in [5.74, 6) is 0. The maximum atomic E-state index is 2.38. The lowest BCUT2D eigenvalue weighted by Crippen LogP contribution is -2.09. The second kappa shape index (κ2) is 14.5. The Balaban J connectivity index is 1.01. The van der Waals surface area contributed by atoms with Gasteiger partial charge in [0.15, 0.2) is 0 Å². The first-order chi connectivity index (χ1) is 26.3. The number of hydrogen-bond donors (Lipinski definition) is 0. The van der Waals surface area contributed by atoms with Crippen molar-refractivity contribution < 1.29 is 0 Å². The maximum absolute atomic E-state index is 2.38. The van der Waals surface area contributed by atoms with Crippen molar-refractivity contribution in [2.45, 2.75) is 12.8 Å². The van der Waals surface area contributed by atoms with E-state index in [1.807, 2.05) is 0 Å². The van der Waals surface area contributed by atoms with Crippen LogP contribution >= 0.6 is 0 Å². The minimum atomic E-state index is 1.08. The molecule has 0 heterocycles. The minimum absolute atomic E-state index is 1.08. The Bertz CT molecular complexity index is 2560. The summed E-state index contributed by atoms with van der Waals surface area (Å²) in [7, 11) is 0. The summed E-state index contributed by atoms with van der Waals surface area (Å²) in [5, 5.41) is 2.52. The van der Waals surface area contributed by atoms with Crippen molar-refractivity contribution in [3.05, 3.63) is 218 Å². The Morgan fingerprint density at radius 3 is 1.51 bits per heavy atom. The number of nitrogens with zero attached hydrogens (tertiary/aromatic N) is 1. The van der Waals surface area contributed by atoms with Gasteiger partial charge < -0.3 is 4.90 Å². The zero-order valence-corrected chi connectivity index (χ0v) is 29.6. The molecule has 0 aromatic heterocycles. The van der Waals surface area contributed by atoms with Gasteiger partial charge in [-0.05, 0) is 128 Å². The van der Waals surface area contributed by atoms with Crippen LogP contribution in [0.1, 0.15) is 18.4 Å². The first-order valence-electron chi connectivity index (χ1n) is 18.5. The van der Waals surface area contributed by atoms with E-state index in [1.54, 1.807) is 0 Å². The lowest BCUT2D eigenvalue weighted by atomic mass is 9.88. The number of benzene rings is 8. The van der Waals surface area contributed by atoms with E-state index in [1.165, 1.54) is 66.4 Å². The molecule has 1 nitrogen and oxygen atoms in total. The van der Waals surface area contributed by atoms with Gasteiger partial charge in [0.05, 0.1) is 0 Å². The highest BCUT2D eigenvalue weighted by Crippen LogP contribution is 2.39. The fourth-order valence-corrected chi connectivity index (χ4v) is 7.54. The second-order valence-electron chi connectivity index (χ2n) is 13.7. The number of allylic oxidation sites excluding steroid dienone is 4. The molecule has 8 aromatic carbocycles. The molecule has 0 N–H and O–H groups in total. The molecule has 1 heteroatoms. The molecule has 0 spiro atoms. The Morgan fingerprint density at radius 1 is 0.340 bits per heavy atom. The molecular weight excluding hydrogens is 639 g/mol. The van der Waals surface area contributed by atoms with Crippen LogP contribution in [-0.4, -0.2) is 0 Å². The zero-order chi connectivity index (χ0) is 35.4. The summed E-state index contributed by atoms with van der Waals surface area (Å²) >= 11 is 0. The van der Waals surface area contributed by atoms with Gasteiger partial charge in [-0.25, -0.2) is 0 Å². The molecule has 53 heavy (non-hydrogen) atoms. The Morgan fingerprint density at radius 2 is 0.849 bits per heavy atom. The third-order valence-corrected chi connectivity index (χ3v) is 10.4. The molecule has 8 aromatic rings. The Hall–Kier alpha value is -6.70. The quantitative estimate of drug-likeness (QED) is 0.155. The van der Waals surface area contributed by atoms with Crippen LogP contribution in [0, 0.1) is 0 Å². The zero-order valence-electron chi connectivity index (χ0n) is 29.6. The first kappa shape index (κ1) is 32.2. The topological polar surface area (TPSA) is 3.24 Å². The molecule has 0 saturated carbocycles. The highest BCUT2D eigenvalue weighted by Gasteiger charge is 2.15. The number of hydrogen-bond acceptors (Lipinski definition) is 1. The molecule has 1 aliphatic carbocycles. The van der Waals surface area contributed by atoms with Crippen molar-refractivity contribution in [2.24, 2.45) is 0 Å². The standard InChI is InChI=1S/C52H39N/c1-4-12-38(13-5-1)47-30-35-51(43-15-6-2-7-16-43)52(37-47)44-23-20-40(21-24-44)41-26-31-49(32-27-41)53(48-18-8-3-9-19-48)50-33-28-42(29-34-50)46-25-22-39-14-10-11-17-45(39)36-46/h1-4,6-12,14-37H,5,13H2. The summed E-state index contributed by atoms with van der Waals surface area (Å²) in [5.41, 5.74) is 15.8. The van der Waals surface area contributed by atoms with Crippen LogP contribution in [0.15, 0.2) is 212 Å². The van der Waals surface area contributed by atoms with Gasteiger partial charge in [0.2, 0.25) is 0 Å². The lowest BCUT2D eigenvalue weighted by Gasteiger charge is -2.26. The monoisotopic (exact) mass is 677 g/mol. The van der Waals surface area contributed by atoms with Crippen molar-refractivity contribution in [1.82, 2.24) is 0 Å². The highest BCUT2D eigenvalue weighted by molar-refractivity contribution is 5.89. The van der Waals surface area contributed by atoms with Crippen LogP contribution in [-0.2, 0) is 0 Å². The molecular formula is C52H39N. The average molecular weight is 678 g/mol. The molecule has 0 fully saturated rings. The molecule has 9 rings (SSSR count). The molecule has 0 radical (unpaired) electrons. The summed E-state index contributed by atoms with van der Waals surface area (Å²) in [6.45, 7) is 0. The molecule has 1 aliphatic rings. The van der Waals surface area contributed by atoms with Gasteiger partial charge in [-0.1, -0.05) is 164 Å². The number of fused-ring (bicyclic) bond motifs is 1. The summed E-state index contributed by atoms with van der Waals surface area (Å²) in [4.78, 5) is 2.33. The summed E-state index contributed by atoms with van der Waals surface area (Å²) in [6.07, 6.45) is 8.87. The number of anilines is 3. The molecule has 0 bridgehead atoms. The van der Waals surface area contributed by atoms with Gasteiger partial charge in [0.1, 0.15) is 0 Å². The van der Waals surface area contributed by atoms with Crippen LogP contribution in [0.2, 0.25) is 0 Å². The predicted molar refractivity (Wildman–Crippen MR) is 227 cm³/mol. The minimum Gasteiger partial charge on any atom is -0.311 e. The van der Waals surface area contributed by atoms with Gasteiger partial charge in [-0.3, -0.25) is 0 Å². The maximum Gasteiger partial charge on any atom is 0.0462 e. The normalized spacial score (nSPS) is 12.4. The average Bonchev–Trinajstić information content (AvgIpc) is 3.25. The Labute approximate surface area is 312 Å². The van der Waals surface area contributed by atoms with Crippen LogP contribution in [0.5, 0.6) is 0 Å². The van der Waals surface area contributed by atoms with Gasteiger partial charge in [-0.15, -0.1) is 0 Å². The largest absolute Gasteiger partial charge is 0.311 e. The first-order valence-corrected chi connectivity index (χ1v) is 18.5. The molecule has 252 valence electrons. The Kier molecular flexibility index (Phi) is 8.82. The SMILES string of the molecule is C1=CCCC(c2ccc(-c3ccccc3)c(-c3ccc(-c4ccc(N(c5ccccc5)c5ccc(-c6ccc7ccccc7c6)cc5)cc4)cc3)c2)=C1. The number of rotatable bonds is 8. The van der Waals surface area contributed by atoms with E-state index in [0.717, 1.165) is 29.9 Å². The van der Waals surface area contributed by atoms with E-state index in [-0.39, 0.29) is 0 Å². The molecule has 0 aliphatic heterocycles. The van der Waals surface area contributed by atoms with Crippen LogP contribution < -0.4 is 4.90 Å². The van der Waals surface area contributed by atoms with E-state index < -0.39 is 0 Å². The number of para-hydroxylation sites is 1. The highest BCUT2D eigenvalue weighted by atomic mass is 15.1. The van der Waals surface area contributed by atoms with Crippen molar-refractivity contribution in [3.8, 4) is 44.5 Å². The van der Waals surface area contributed by atoms with Crippen molar-refractivity contribution in [3.63, 3.8) is 0 Å². The van der Waals surface area contributed by atoms with E-state index >= 15 is 0 Å². The van der Waals surface area contributed by atoms with E-state index in [9.17, 15) is 0 Å². The van der Waals surface area contributed by atoms with E-state index in [4.69, 9.17) is 0 Å². The fraction of sp³-hybridized carbons (Fsp3) is 0.0385. The molecule has 0 unspecified atom stereocenters. The molecule has 0 atom stereocenters. The molecule has 0 saturated heterocycles. The van der Waals surface area contributed by atoms with Gasteiger partial charge in [-0.2, -0.15) is 0 Å². The fourth-order valence-electron chi connectivity index (χ4n) is 7.54. The summed E-state index contributed by atoms with van der Waals surface area (Å²) < 4.78 is 0. The summed E-state index contributed by atoms with van der Waals surface area (Å²) in [6, 6.07) is 70.4. The lowest BCUT2D eigenvalue weighted by molar-refractivity contribution is 1.05. The smallest absolute Gasteiger partial charge is 0.0462 e. The van der Waals surface area contributed by atoms with Crippen molar-refractivity contribution in [2.75, 3.05) is 4.90 Å². The van der Waals surface area contributed by atoms with Crippen molar-refractivity contribution >= 4 is 33.4 Å². The van der Waals surface area contributed by atoms with Crippen molar-refractivity contribution in [1.29, 1.82) is 0 Å². The van der Waals surface area contributed by atoms with Gasteiger partial charge in [0.25, 0.3) is 0 Å². The van der Waals surface area contributed by atoms with Crippen LogP contribution in [0.25, 0.3) is 60.9 Å². The second-order valence-corrected chi connectivity index (χ2v) is 13.7. The van der Waals surface area contributed by atoms with Gasteiger partial charge >= 0.3 is 0 Å². The van der Waals surface area contributed by atoms with Crippen LogP contribution in [0.3, 0.4) is 0 Å².